The number of hydrogen-bond acceptors (Lipinski definition) is 3. The van der Waals surface area contributed by atoms with E-state index >= 15 is 0 Å². The van der Waals surface area contributed by atoms with Gasteiger partial charge in [-0.1, -0.05) is 24.3 Å². The molecular formula is C12H13O3-. The van der Waals surface area contributed by atoms with Crippen LogP contribution in [0.3, 0.4) is 0 Å². The van der Waals surface area contributed by atoms with Crippen LogP contribution in [0.2, 0.25) is 0 Å². The van der Waals surface area contributed by atoms with Gasteiger partial charge in [-0.3, -0.25) is 4.79 Å². The van der Waals surface area contributed by atoms with E-state index in [0.29, 0.717) is 18.4 Å². The Balaban J connectivity index is 2.50. The maximum absolute atomic E-state index is 11.0. The molecule has 1 rings (SSSR count). The van der Waals surface area contributed by atoms with Gasteiger partial charge in [0.15, 0.2) is 5.78 Å². The molecule has 0 radical (unpaired) electrons. The largest absolute Gasteiger partial charge is 0.550 e. The normalized spacial score (nSPS) is 9.93. The molecule has 0 aliphatic rings. The van der Waals surface area contributed by atoms with Crippen LogP contribution >= 0.6 is 0 Å². The molecular weight excluding hydrogens is 192 g/mol. The Kier molecular flexibility index (Phi) is 4.03. The Hall–Kier alpha value is -1.64. The molecule has 1 aromatic rings. The summed E-state index contributed by atoms with van der Waals surface area (Å²) in [6.45, 7) is 1.52. The van der Waals surface area contributed by atoms with Crippen molar-refractivity contribution >= 4 is 11.8 Å². The summed E-state index contributed by atoms with van der Waals surface area (Å²) in [6, 6.07) is 7.23. The van der Waals surface area contributed by atoms with Crippen LogP contribution in [0.1, 0.15) is 35.7 Å². The lowest BCUT2D eigenvalue weighted by atomic mass is 10.0. The zero-order chi connectivity index (χ0) is 11.3. The molecule has 0 fully saturated rings. The maximum atomic E-state index is 11.0. The van der Waals surface area contributed by atoms with Crippen molar-refractivity contribution in [2.45, 2.75) is 26.2 Å². The van der Waals surface area contributed by atoms with E-state index in [1.807, 2.05) is 12.1 Å². The number of rotatable bonds is 5. The summed E-state index contributed by atoms with van der Waals surface area (Å²) in [6.07, 6.45) is 1.35. The topological polar surface area (TPSA) is 57.2 Å². The molecule has 0 saturated heterocycles. The van der Waals surface area contributed by atoms with E-state index < -0.39 is 5.97 Å². The molecule has 3 nitrogen and oxygen atoms in total. The third-order valence-corrected chi connectivity index (χ3v) is 2.21. The molecule has 0 unspecified atom stereocenters. The van der Waals surface area contributed by atoms with Gasteiger partial charge in [-0.15, -0.1) is 0 Å². The average molecular weight is 205 g/mol. The van der Waals surface area contributed by atoms with Crippen molar-refractivity contribution in [2.24, 2.45) is 0 Å². The van der Waals surface area contributed by atoms with E-state index in [-0.39, 0.29) is 12.2 Å². The monoisotopic (exact) mass is 205 g/mol. The molecule has 0 bridgehead atoms. The Morgan fingerprint density at radius 1 is 1.20 bits per heavy atom. The first-order chi connectivity index (χ1) is 7.09. The van der Waals surface area contributed by atoms with Crippen molar-refractivity contribution in [1.29, 1.82) is 0 Å². The fourth-order valence-electron chi connectivity index (χ4n) is 1.34. The number of ketones is 1. The molecule has 3 heteroatoms. The Labute approximate surface area is 88.7 Å². The third kappa shape index (κ3) is 3.94. The van der Waals surface area contributed by atoms with Gasteiger partial charge in [-0.05, 0) is 31.7 Å². The molecule has 0 heterocycles. The first kappa shape index (κ1) is 11.4. The van der Waals surface area contributed by atoms with Gasteiger partial charge in [0, 0.05) is 11.5 Å². The second kappa shape index (κ2) is 5.29. The molecule has 0 N–H and O–H groups in total. The predicted molar refractivity (Wildman–Crippen MR) is 54.4 cm³/mol. The summed E-state index contributed by atoms with van der Waals surface area (Å²) in [5, 5.41) is 10.2. The van der Waals surface area contributed by atoms with E-state index in [9.17, 15) is 14.7 Å². The van der Waals surface area contributed by atoms with Gasteiger partial charge in [0.2, 0.25) is 0 Å². The van der Waals surface area contributed by atoms with E-state index in [2.05, 4.69) is 0 Å². The van der Waals surface area contributed by atoms with Crippen LogP contribution in [0.15, 0.2) is 24.3 Å². The SMILES string of the molecule is CC(=O)c1ccc(CCCC(=O)[O-])cc1. The number of carbonyl (C=O) groups excluding carboxylic acids is 2. The lowest BCUT2D eigenvalue weighted by Crippen LogP contribution is -2.21. The highest BCUT2D eigenvalue weighted by Crippen LogP contribution is 2.08. The maximum Gasteiger partial charge on any atom is 0.159 e. The summed E-state index contributed by atoms with van der Waals surface area (Å²) in [4.78, 5) is 21.2. The summed E-state index contributed by atoms with van der Waals surface area (Å²) in [7, 11) is 0. The zero-order valence-electron chi connectivity index (χ0n) is 8.66. The standard InChI is InChI=1S/C12H14O3/c1-9(13)11-7-5-10(6-8-11)3-2-4-12(14)15/h5-8H,2-4H2,1H3,(H,14,15)/p-1. The summed E-state index contributed by atoms with van der Waals surface area (Å²) in [5.74, 6) is -0.980. The first-order valence-corrected chi connectivity index (χ1v) is 4.89. The van der Waals surface area contributed by atoms with Crippen molar-refractivity contribution in [3.05, 3.63) is 35.4 Å². The number of Topliss-reactive ketones (excluding diaryl/α,β-unsaturated/α-hetero) is 1. The average Bonchev–Trinajstić information content (AvgIpc) is 2.18. The minimum Gasteiger partial charge on any atom is -0.550 e. The second-order valence-corrected chi connectivity index (χ2v) is 3.48. The number of carbonyl (C=O) groups is 2. The van der Waals surface area contributed by atoms with Crippen molar-refractivity contribution in [2.75, 3.05) is 0 Å². The van der Waals surface area contributed by atoms with Crippen LogP contribution in [0.25, 0.3) is 0 Å². The van der Waals surface area contributed by atoms with Gasteiger partial charge in [0.1, 0.15) is 0 Å². The molecule has 1 aromatic carbocycles. The van der Waals surface area contributed by atoms with Crippen molar-refractivity contribution in [3.63, 3.8) is 0 Å². The smallest absolute Gasteiger partial charge is 0.159 e. The van der Waals surface area contributed by atoms with Crippen molar-refractivity contribution in [3.8, 4) is 0 Å². The van der Waals surface area contributed by atoms with Crippen LogP contribution in [-0.2, 0) is 11.2 Å². The minimum atomic E-state index is -1.02. The molecule has 0 atom stereocenters. The fraction of sp³-hybridized carbons (Fsp3) is 0.333. The first-order valence-electron chi connectivity index (χ1n) is 4.89. The summed E-state index contributed by atoms with van der Waals surface area (Å²) >= 11 is 0. The van der Waals surface area contributed by atoms with Crippen LogP contribution in [-0.4, -0.2) is 11.8 Å². The molecule has 80 valence electrons. The number of aliphatic carboxylic acids is 1. The molecule has 0 spiro atoms. The summed E-state index contributed by atoms with van der Waals surface area (Å²) in [5.41, 5.74) is 1.72. The van der Waals surface area contributed by atoms with Crippen LogP contribution < -0.4 is 5.11 Å². The quantitative estimate of drug-likeness (QED) is 0.673. The number of benzene rings is 1. The minimum absolute atomic E-state index is 0.0382. The van der Waals surface area contributed by atoms with Gasteiger partial charge >= 0.3 is 0 Å². The number of carboxylic acid groups (broad SMARTS) is 1. The van der Waals surface area contributed by atoms with Crippen molar-refractivity contribution < 1.29 is 14.7 Å². The fourth-order valence-corrected chi connectivity index (χ4v) is 1.34. The zero-order valence-corrected chi connectivity index (χ0v) is 8.66. The number of carboxylic acids is 1. The lowest BCUT2D eigenvalue weighted by molar-refractivity contribution is -0.305. The lowest BCUT2D eigenvalue weighted by Gasteiger charge is -2.03. The van der Waals surface area contributed by atoms with Crippen LogP contribution in [0.5, 0.6) is 0 Å². The number of aryl methyl sites for hydroxylation is 1. The van der Waals surface area contributed by atoms with Crippen molar-refractivity contribution in [1.82, 2.24) is 0 Å². The Bertz CT molecular complexity index is 352. The van der Waals surface area contributed by atoms with E-state index in [4.69, 9.17) is 0 Å². The molecule has 0 amide bonds. The highest BCUT2D eigenvalue weighted by molar-refractivity contribution is 5.93. The van der Waals surface area contributed by atoms with Crippen LogP contribution in [0.4, 0.5) is 0 Å². The third-order valence-electron chi connectivity index (χ3n) is 2.21. The molecule has 15 heavy (non-hydrogen) atoms. The molecule has 0 aromatic heterocycles. The Morgan fingerprint density at radius 3 is 2.27 bits per heavy atom. The van der Waals surface area contributed by atoms with Gasteiger partial charge < -0.3 is 9.90 Å². The van der Waals surface area contributed by atoms with E-state index in [1.54, 1.807) is 12.1 Å². The van der Waals surface area contributed by atoms with Crippen LogP contribution in [0, 0.1) is 0 Å². The van der Waals surface area contributed by atoms with Gasteiger partial charge in [0.05, 0.1) is 0 Å². The second-order valence-electron chi connectivity index (χ2n) is 3.48. The highest BCUT2D eigenvalue weighted by Gasteiger charge is 1.98. The number of hydrogen-bond donors (Lipinski definition) is 0. The van der Waals surface area contributed by atoms with Gasteiger partial charge in [-0.25, -0.2) is 0 Å². The molecule has 0 saturated carbocycles. The van der Waals surface area contributed by atoms with Gasteiger partial charge in [-0.2, -0.15) is 0 Å². The van der Waals surface area contributed by atoms with E-state index in [1.165, 1.54) is 6.92 Å². The predicted octanol–water partition coefficient (Wildman–Crippen LogP) is 0.962. The van der Waals surface area contributed by atoms with Gasteiger partial charge in [0.25, 0.3) is 0 Å². The highest BCUT2D eigenvalue weighted by atomic mass is 16.4. The van der Waals surface area contributed by atoms with E-state index in [0.717, 1.165) is 5.56 Å². The molecule has 0 aliphatic carbocycles. The molecule has 0 aliphatic heterocycles. The Morgan fingerprint density at radius 2 is 1.80 bits per heavy atom. The summed E-state index contributed by atoms with van der Waals surface area (Å²) < 4.78 is 0.